The summed E-state index contributed by atoms with van der Waals surface area (Å²) in [6.45, 7) is 2.01. The van der Waals surface area contributed by atoms with Crippen molar-refractivity contribution < 1.29 is 19.7 Å². The van der Waals surface area contributed by atoms with Gasteiger partial charge in [-0.15, -0.1) is 0 Å². The van der Waals surface area contributed by atoms with Crippen LogP contribution in [0.15, 0.2) is 0 Å². The van der Waals surface area contributed by atoms with Gasteiger partial charge in [-0.1, -0.05) is 13.3 Å². The zero-order valence-corrected chi connectivity index (χ0v) is 7.82. The fourth-order valence-electron chi connectivity index (χ4n) is 1.65. The molecule has 0 saturated carbocycles. The van der Waals surface area contributed by atoms with Crippen LogP contribution in [0.2, 0.25) is 0 Å². The summed E-state index contributed by atoms with van der Waals surface area (Å²) < 4.78 is 5.13. The van der Waals surface area contributed by atoms with Crippen LogP contribution >= 0.6 is 0 Å². The predicted molar refractivity (Wildman–Crippen MR) is 46.2 cm³/mol. The van der Waals surface area contributed by atoms with Gasteiger partial charge in [0.25, 0.3) is 5.79 Å². The largest absolute Gasteiger partial charge is 0.477 e. The van der Waals surface area contributed by atoms with E-state index in [2.05, 4.69) is 0 Å². The van der Waals surface area contributed by atoms with Gasteiger partial charge in [-0.05, 0) is 19.3 Å². The molecule has 0 aliphatic carbocycles. The van der Waals surface area contributed by atoms with Crippen LogP contribution in [0.25, 0.3) is 0 Å². The molecule has 2 N–H and O–H groups in total. The Labute approximate surface area is 77.5 Å². The van der Waals surface area contributed by atoms with Crippen molar-refractivity contribution in [2.75, 3.05) is 0 Å². The number of rotatable bonds is 3. The third kappa shape index (κ3) is 2.42. The van der Waals surface area contributed by atoms with E-state index in [4.69, 9.17) is 9.84 Å². The fraction of sp³-hybridized carbons (Fsp3) is 0.889. The first-order valence-electron chi connectivity index (χ1n) is 4.72. The van der Waals surface area contributed by atoms with Crippen molar-refractivity contribution in [2.24, 2.45) is 0 Å². The monoisotopic (exact) mass is 188 g/mol. The molecule has 0 amide bonds. The number of ether oxygens (including phenoxy) is 1. The highest BCUT2D eigenvalue weighted by molar-refractivity contribution is 5.75. The standard InChI is InChI=1S/C9H16O4/c1-2-4-7-5-3-6-9(12,13-7)8(10)11/h7,12H,2-6H2,1H3,(H,10,11). The number of carboxylic acids is 1. The number of aliphatic carboxylic acids is 1. The molecule has 1 fully saturated rings. The first-order valence-corrected chi connectivity index (χ1v) is 4.72. The van der Waals surface area contributed by atoms with Crippen LogP contribution in [0.4, 0.5) is 0 Å². The summed E-state index contributed by atoms with van der Waals surface area (Å²) >= 11 is 0. The Kier molecular flexibility index (Phi) is 3.27. The van der Waals surface area contributed by atoms with Gasteiger partial charge < -0.3 is 14.9 Å². The highest BCUT2D eigenvalue weighted by Crippen LogP contribution is 2.28. The Morgan fingerprint density at radius 3 is 2.92 bits per heavy atom. The van der Waals surface area contributed by atoms with Crippen molar-refractivity contribution in [3.05, 3.63) is 0 Å². The zero-order chi connectivity index (χ0) is 9.90. The van der Waals surface area contributed by atoms with Gasteiger partial charge in [-0.25, -0.2) is 4.79 Å². The molecular weight excluding hydrogens is 172 g/mol. The minimum absolute atomic E-state index is 0.0974. The van der Waals surface area contributed by atoms with E-state index in [0.717, 1.165) is 19.3 Å². The second-order valence-electron chi connectivity index (χ2n) is 3.51. The second-order valence-corrected chi connectivity index (χ2v) is 3.51. The van der Waals surface area contributed by atoms with E-state index in [-0.39, 0.29) is 12.5 Å². The van der Waals surface area contributed by atoms with Crippen molar-refractivity contribution in [1.82, 2.24) is 0 Å². The topological polar surface area (TPSA) is 66.8 Å². The third-order valence-corrected chi connectivity index (χ3v) is 2.35. The summed E-state index contributed by atoms with van der Waals surface area (Å²) in [6.07, 6.45) is 3.43. The molecule has 2 atom stereocenters. The highest BCUT2D eigenvalue weighted by Gasteiger charge is 2.42. The van der Waals surface area contributed by atoms with Crippen LogP contribution in [-0.4, -0.2) is 28.1 Å². The van der Waals surface area contributed by atoms with Crippen LogP contribution in [-0.2, 0) is 9.53 Å². The van der Waals surface area contributed by atoms with Gasteiger partial charge in [0.1, 0.15) is 0 Å². The molecule has 1 aliphatic rings. The van der Waals surface area contributed by atoms with Crippen molar-refractivity contribution in [3.63, 3.8) is 0 Å². The summed E-state index contributed by atoms with van der Waals surface area (Å²) in [5.74, 6) is -3.20. The molecule has 2 unspecified atom stereocenters. The van der Waals surface area contributed by atoms with Crippen LogP contribution in [0, 0.1) is 0 Å². The lowest BCUT2D eigenvalue weighted by Crippen LogP contribution is -2.47. The summed E-state index contributed by atoms with van der Waals surface area (Å²) in [5, 5.41) is 18.2. The molecule has 1 aliphatic heterocycles. The molecule has 0 spiro atoms. The number of carboxylic acid groups (broad SMARTS) is 1. The lowest BCUT2D eigenvalue weighted by atomic mass is 9.99. The first-order chi connectivity index (χ1) is 6.08. The predicted octanol–water partition coefficient (Wildman–Crippen LogP) is 1.13. The second kappa shape index (κ2) is 4.07. The fourth-order valence-corrected chi connectivity index (χ4v) is 1.65. The van der Waals surface area contributed by atoms with Crippen LogP contribution in [0.3, 0.4) is 0 Å². The number of aliphatic hydroxyl groups is 1. The zero-order valence-electron chi connectivity index (χ0n) is 7.82. The van der Waals surface area contributed by atoms with Crippen molar-refractivity contribution >= 4 is 5.97 Å². The SMILES string of the molecule is CCCC1CCCC(O)(C(=O)O)O1. The maximum Gasteiger partial charge on any atom is 0.364 e. The average molecular weight is 188 g/mol. The molecule has 0 radical (unpaired) electrons. The van der Waals surface area contributed by atoms with E-state index >= 15 is 0 Å². The third-order valence-electron chi connectivity index (χ3n) is 2.35. The van der Waals surface area contributed by atoms with Crippen molar-refractivity contribution in [2.45, 2.75) is 50.9 Å². The van der Waals surface area contributed by atoms with Gasteiger partial charge in [-0.2, -0.15) is 0 Å². The van der Waals surface area contributed by atoms with Gasteiger partial charge in [-0.3, -0.25) is 0 Å². The molecule has 1 rings (SSSR count). The Balaban J connectivity index is 2.54. The van der Waals surface area contributed by atoms with Gasteiger partial charge in [0.15, 0.2) is 0 Å². The summed E-state index contributed by atoms with van der Waals surface area (Å²) in [4.78, 5) is 10.7. The number of carbonyl (C=O) groups is 1. The Morgan fingerprint density at radius 2 is 2.38 bits per heavy atom. The van der Waals surface area contributed by atoms with E-state index < -0.39 is 11.8 Å². The Bertz CT molecular complexity index is 190. The van der Waals surface area contributed by atoms with E-state index in [1.165, 1.54) is 0 Å². The molecule has 0 aromatic heterocycles. The average Bonchev–Trinajstić information content (AvgIpc) is 2.04. The summed E-state index contributed by atoms with van der Waals surface area (Å²) in [6, 6.07) is 0. The number of hydrogen-bond donors (Lipinski definition) is 2. The van der Waals surface area contributed by atoms with Gasteiger partial charge in [0.05, 0.1) is 6.10 Å². The molecule has 0 bridgehead atoms. The van der Waals surface area contributed by atoms with Gasteiger partial charge >= 0.3 is 5.97 Å². The molecule has 4 heteroatoms. The minimum atomic E-state index is -1.93. The first kappa shape index (κ1) is 10.5. The lowest BCUT2D eigenvalue weighted by Gasteiger charge is -2.33. The summed E-state index contributed by atoms with van der Waals surface area (Å²) in [5.41, 5.74) is 0. The smallest absolute Gasteiger partial charge is 0.364 e. The molecule has 0 aromatic rings. The highest BCUT2D eigenvalue weighted by atomic mass is 16.7. The quantitative estimate of drug-likeness (QED) is 0.696. The van der Waals surface area contributed by atoms with Crippen molar-refractivity contribution in [1.29, 1.82) is 0 Å². The van der Waals surface area contributed by atoms with Crippen molar-refractivity contribution in [3.8, 4) is 0 Å². The Hall–Kier alpha value is -0.610. The van der Waals surface area contributed by atoms with Gasteiger partial charge in [0.2, 0.25) is 0 Å². The molecule has 4 nitrogen and oxygen atoms in total. The molecular formula is C9H16O4. The summed E-state index contributed by atoms with van der Waals surface area (Å²) in [7, 11) is 0. The lowest BCUT2D eigenvalue weighted by molar-refractivity contribution is -0.256. The normalized spacial score (nSPS) is 34.5. The van der Waals surface area contributed by atoms with E-state index in [1.807, 2.05) is 6.92 Å². The maximum absolute atomic E-state index is 10.7. The maximum atomic E-state index is 10.7. The van der Waals surface area contributed by atoms with Crippen LogP contribution in [0.1, 0.15) is 39.0 Å². The van der Waals surface area contributed by atoms with Crippen LogP contribution in [0.5, 0.6) is 0 Å². The molecule has 13 heavy (non-hydrogen) atoms. The van der Waals surface area contributed by atoms with Gasteiger partial charge in [0, 0.05) is 6.42 Å². The molecule has 1 heterocycles. The molecule has 76 valence electrons. The van der Waals surface area contributed by atoms with E-state index in [1.54, 1.807) is 0 Å². The van der Waals surface area contributed by atoms with E-state index in [0.29, 0.717) is 6.42 Å². The number of hydrogen-bond acceptors (Lipinski definition) is 3. The minimum Gasteiger partial charge on any atom is -0.477 e. The van der Waals surface area contributed by atoms with Crippen LogP contribution < -0.4 is 0 Å². The Morgan fingerprint density at radius 1 is 1.69 bits per heavy atom. The van der Waals surface area contributed by atoms with E-state index in [9.17, 15) is 9.90 Å². The molecule has 1 saturated heterocycles. The molecule has 0 aromatic carbocycles.